The predicted octanol–water partition coefficient (Wildman–Crippen LogP) is 4.36. The molecular formula is C11H14OS2. The molecule has 0 bridgehead atoms. The number of allylic oxidation sites excluding steroid dienone is 2. The molecule has 0 saturated carbocycles. The summed E-state index contributed by atoms with van der Waals surface area (Å²) in [5.74, 6) is 0. The molecule has 0 N–H and O–H groups in total. The van der Waals surface area contributed by atoms with Gasteiger partial charge in [-0.2, -0.15) is 0 Å². The summed E-state index contributed by atoms with van der Waals surface area (Å²) < 4.78 is 0.259. The fraction of sp³-hybridized carbons (Fsp3) is 0.545. The maximum atomic E-state index is 11.3. The van der Waals surface area contributed by atoms with Gasteiger partial charge >= 0.3 is 0 Å². The molecule has 1 atom stereocenters. The van der Waals surface area contributed by atoms with Crippen LogP contribution in [0.4, 0.5) is 4.79 Å². The van der Waals surface area contributed by atoms with E-state index in [1.807, 2.05) is 6.92 Å². The van der Waals surface area contributed by atoms with Gasteiger partial charge in [0.1, 0.15) is 0 Å². The summed E-state index contributed by atoms with van der Waals surface area (Å²) in [6, 6.07) is 0. The minimum atomic E-state index is 0.259. The van der Waals surface area contributed by atoms with Crippen LogP contribution in [0, 0.1) is 0 Å². The second kappa shape index (κ2) is 4.58. The number of rotatable bonds is 1. The fourth-order valence-electron chi connectivity index (χ4n) is 1.90. The summed E-state index contributed by atoms with van der Waals surface area (Å²) >= 11 is 2.90. The first-order valence-corrected chi connectivity index (χ1v) is 6.74. The van der Waals surface area contributed by atoms with Crippen molar-refractivity contribution >= 4 is 28.0 Å². The molecule has 2 rings (SSSR count). The van der Waals surface area contributed by atoms with Gasteiger partial charge < -0.3 is 0 Å². The van der Waals surface area contributed by atoms with Crippen molar-refractivity contribution < 1.29 is 4.79 Å². The van der Waals surface area contributed by atoms with Crippen molar-refractivity contribution in [3.05, 3.63) is 22.6 Å². The van der Waals surface area contributed by atoms with Gasteiger partial charge in [-0.3, -0.25) is 4.79 Å². The third-order valence-electron chi connectivity index (χ3n) is 2.62. The molecule has 0 amide bonds. The summed E-state index contributed by atoms with van der Waals surface area (Å²) in [5.41, 5.74) is 1.48. The summed E-state index contributed by atoms with van der Waals surface area (Å²) in [5, 5.41) is 0.359. The molecule has 1 saturated heterocycles. The molecule has 0 radical (unpaired) electrons. The highest BCUT2D eigenvalue weighted by Gasteiger charge is 2.31. The molecule has 1 nitrogen and oxygen atoms in total. The van der Waals surface area contributed by atoms with Gasteiger partial charge in [-0.1, -0.05) is 29.5 Å². The third-order valence-corrected chi connectivity index (χ3v) is 5.17. The molecule has 1 heterocycles. The molecule has 1 aliphatic carbocycles. The van der Waals surface area contributed by atoms with Crippen molar-refractivity contribution in [3.8, 4) is 0 Å². The Labute approximate surface area is 93.4 Å². The van der Waals surface area contributed by atoms with E-state index in [0.717, 1.165) is 0 Å². The van der Waals surface area contributed by atoms with Crippen LogP contribution < -0.4 is 0 Å². The minimum Gasteiger partial charge on any atom is -0.274 e. The van der Waals surface area contributed by atoms with E-state index in [1.54, 1.807) is 0 Å². The molecule has 0 aromatic rings. The lowest BCUT2D eigenvalue weighted by Crippen LogP contribution is -2.07. The Hall–Kier alpha value is -0.150. The van der Waals surface area contributed by atoms with E-state index in [0.29, 0.717) is 5.25 Å². The van der Waals surface area contributed by atoms with Crippen molar-refractivity contribution in [3.63, 3.8) is 0 Å². The fourth-order valence-corrected chi connectivity index (χ4v) is 4.34. The second-order valence-corrected chi connectivity index (χ2v) is 5.95. The highest BCUT2D eigenvalue weighted by molar-refractivity contribution is 8.43. The van der Waals surface area contributed by atoms with Gasteiger partial charge in [0.05, 0.1) is 5.25 Å². The van der Waals surface area contributed by atoms with Gasteiger partial charge in [-0.25, -0.2) is 0 Å². The normalized spacial score (nSPS) is 30.9. The van der Waals surface area contributed by atoms with Crippen molar-refractivity contribution in [2.45, 2.75) is 37.9 Å². The van der Waals surface area contributed by atoms with Gasteiger partial charge in [0, 0.05) is 4.91 Å². The largest absolute Gasteiger partial charge is 0.274 e. The zero-order chi connectivity index (χ0) is 9.97. The van der Waals surface area contributed by atoms with Crippen LogP contribution in [0.15, 0.2) is 22.6 Å². The molecule has 0 aromatic carbocycles. The maximum Gasteiger partial charge on any atom is 0.251 e. The van der Waals surface area contributed by atoms with E-state index < -0.39 is 0 Å². The van der Waals surface area contributed by atoms with E-state index in [1.165, 1.54) is 59.7 Å². The van der Waals surface area contributed by atoms with Crippen LogP contribution in [0.3, 0.4) is 0 Å². The monoisotopic (exact) mass is 226 g/mol. The summed E-state index contributed by atoms with van der Waals surface area (Å²) in [7, 11) is 0. The molecule has 76 valence electrons. The first kappa shape index (κ1) is 10.4. The van der Waals surface area contributed by atoms with Crippen molar-refractivity contribution in [2.75, 3.05) is 0 Å². The summed E-state index contributed by atoms with van der Waals surface area (Å²) in [6.07, 6.45) is 9.41. The Bertz CT molecular complexity index is 304. The average molecular weight is 226 g/mol. The Balaban J connectivity index is 2.16. The quantitative estimate of drug-likeness (QED) is 0.618. The van der Waals surface area contributed by atoms with Gasteiger partial charge in [-0.15, -0.1) is 0 Å². The average Bonchev–Trinajstić information content (AvgIpc) is 2.61. The summed E-state index contributed by atoms with van der Waals surface area (Å²) in [6.45, 7) is 2.03. The number of carbonyl (C=O) groups excluding carboxylic acids is 1. The molecule has 3 heteroatoms. The van der Waals surface area contributed by atoms with Gasteiger partial charge in [-0.05, 0) is 44.4 Å². The van der Waals surface area contributed by atoms with Crippen LogP contribution in [0.1, 0.15) is 32.6 Å². The Morgan fingerprint density at radius 2 is 2.36 bits per heavy atom. The van der Waals surface area contributed by atoms with Crippen LogP contribution in [-0.4, -0.2) is 9.70 Å². The molecule has 2 aliphatic rings. The first-order chi connectivity index (χ1) is 6.81. The Kier molecular flexibility index (Phi) is 3.39. The van der Waals surface area contributed by atoms with Gasteiger partial charge in [0.25, 0.3) is 4.45 Å². The maximum absolute atomic E-state index is 11.3. The van der Waals surface area contributed by atoms with Gasteiger partial charge in [0.15, 0.2) is 0 Å². The predicted molar refractivity (Wildman–Crippen MR) is 64.7 cm³/mol. The number of hydrogen-bond donors (Lipinski definition) is 0. The Morgan fingerprint density at radius 1 is 1.50 bits per heavy atom. The second-order valence-electron chi connectivity index (χ2n) is 3.57. The molecule has 0 spiro atoms. The number of thioether (sulfide) groups is 2. The van der Waals surface area contributed by atoms with Gasteiger partial charge in [0.2, 0.25) is 0 Å². The topological polar surface area (TPSA) is 17.1 Å². The zero-order valence-electron chi connectivity index (χ0n) is 8.29. The van der Waals surface area contributed by atoms with E-state index in [2.05, 4.69) is 12.2 Å². The zero-order valence-corrected chi connectivity index (χ0v) is 9.92. The number of hydrogen-bond acceptors (Lipinski definition) is 3. The van der Waals surface area contributed by atoms with Crippen molar-refractivity contribution in [1.29, 1.82) is 0 Å². The first-order valence-electron chi connectivity index (χ1n) is 5.05. The standard InChI is InChI=1S/C11H14OS2/c1-2-9-10(14-11(12)13-9)8-6-4-3-5-7-8/h2,6,10H,3-5,7H2,1H3/b9-2-. The van der Waals surface area contributed by atoms with Crippen LogP contribution >= 0.6 is 23.5 Å². The molecule has 1 aliphatic heterocycles. The lowest BCUT2D eigenvalue weighted by molar-refractivity contribution is 0.277. The lowest BCUT2D eigenvalue weighted by Gasteiger charge is -2.17. The molecule has 1 unspecified atom stereocenters. The molecule has 0 aromatic heterocycles. The van der Waals surface area contributed by atoms with Crippen LogP contribution in [0.25, 0.3) is 0 Å². The van der Waals surface area contributed by atoms with E-state index in [4.69, 9.17) is 0 Å². The SMILES string of the molecule is C/C=C1\SC(=O)SC1C1=CCCCC1. The minimum absolute atomic E-state index is 0.259. The molecular weight excluding hydrogens is 212 g/mol. The third kappa shape index (κ3) is 2.09. The molecule has 1 fully saturated rings. The van der Waals surface area contributed by atoms with E-state index in [9.17, 15) is 4.79 Å². The van der Waals surface area contributed by atoms with Crippen molar-refractivity contribution in [2.24, 2.45) is 0 Å². The van der Waals surface area contributed by atoms with E-state index >= 15 is 0 Å². The van der Waals surface area contributed by atoms with Crippen LogP contribution in [-0.2, 0) is 0 Å². The van der Waals surface area contributed by atoms with E-state index in [-0.39, 0.29) is 4.45 Å². The smallest absolute Gasteiger partial charge is 0.251 e. The highest BCUT2D eigenvalue weighted by Crippen LogP contribution is 2.47. The molecule has 14 heavy (non-hydrogen) atoms. The number of carbonyl (C=O) groups is 1. The lowest BCUT2D eigenvalue weighted by atomic mass is 9.96. The Morgan fingerprint density at radius 3 is 3.00 bits per heavy atom. The highest BCUT2D eigenvalue weighted by atomic mass is 32.2. The summed E-state index contributed by atoms with van der Waals surface area (Å²) in [4.78, 5) is 12.6. The van der Waals surface area contributed by atoms with Crippen LogP contribution in [0.5, 0.6) is 0 Å². The van der Waals surface area contributed by atoms with Crippen LogP contribution in [0.2, 0.25) is 0 Å². The van der Waals surface area contributed by atoms with Crippen molar-refractivity contribution in [1.82, 2.24) is 0 Å².